The lowest BCUT2D eigenvalue weighted by atomic mass is 10.3. The molecule has 0 bridgehead atoms. The summed E-state index contributed by atoms with van der Waals surface area (Å²) in [4.78, 5) is 34.6. The molecule has 0 saturated carbocycles. The number of amides is 3. The first-order chi connectivity index (χ1) is 8.43. The van der Waals surface area contributed by atoms with Crippen molar-refractivity contribution in [2.45, 2.75) is 25.4 Å². The smallest absolute Gasteiger partial charge is 0.328 e. The molecule has 1 aliphatic heterocycles. The first kappa shape index (κ1) is 14.2. The van der Waals surface area contributed by atoms with Crippen molar-refractivity contribution in [1.82, 2.24) is 15.5 Å². The minimum atomic E-state index is -1.31. The number of hydrogen-bond acceptors (Lipinski definition) is 4. The minimum absolute atomic E-state index is 0.106. The number of carbonyl (C=O) groups is 3. The Morgan fingerprint density at radius 1 is 1.44 bits per heavy atom. The maximum absolute atomic E-state index is 11.7. The third-order valence-corrected chi connectivity index (χ3v) is 2.66. The second-order valence-electron chi connectivity index (χ2n) is 4.16. The third kappa shape index (κ3) is 3.88. The Morgan fingerprint density at radius 2 is 2.11 bits per heavy atom. The second kappa shape index (κ2) is 6.20. The van der Waals surface area contributed by atoms with Gasteiger partial charge in [-0.2, -0.15) is 0 Å². The van der Waals surface area contributed by atoms with E-state index in [0.29, 0.717) is 19.5 Å². The zero-order chi connectivity index (χ0) is 13.7. The Hall–Kier alpha value is -1.83. The van der Waals surface area contributed by atoms with Crippen molar-refractivity contribution < 1.29 is 24.6 Å². The van der Waals surface area contributed by atoms with E-state index in [1.807, 2.05) is 0 Å². The zero-order valence-corrected chi connectivity index (χ0v) is 10.0. The standard InChI is InChI=1S/C10H17N3O5/c1-6(15)11-7-2-3-13(4-7)10(18)12-8(5-14)9(16)17/h7-8,14H,2-5H2,1H3,(H,11,15)(H,12,18)(H,16,17). The number of carbonyl (C=O) groups excluding carboxylic acids is 2. The number of nitrogens with zero attached hydrogens (tertiary/aromatic N) is 1. The largest absolute Gasteiger partial charge is 0.480 e. The monoisotopic (exact) mass is 259 g/mol. The molecule has 102 valence electrons. The number of aliphatic hydroxyl groups is 1. The summed E-state index contributed by atoms with van der Waals surface area (Å²) in [5.41, 5.74) is 0. The van der Waals surface area contributed by atoms with E-state index < -0.39 is 24.6 Å². The number of urea groups is 1. The summed E-state index contributed by atoms with van der Waals surface area (Å²) in [7, 11) is 0. The molecule has 3 amide bonds. The van der Waals surface area contributed by atoms with Crippen LogP contribution in [0.3, 0.4) is 0 Å². The molecule has 0 aromatic rings. The van der Waals surface area contributed by atoms with E-state index in [1.54, 1.807) is 0 Å². The van der Waals surface area contributed by atoms with Gasteiger partial charge in [0.15, 0.2) is 6.04 Å². The highest BCUT2D eigenvalue weighted by molar-refractivity contribution is 5.83. The van der Waals surface area contributed by atoms with Gasteiger partial charge in [-0.15, -0.1) is 0 Å². The molecule has 2 unspecified atom stereocenters. The summed E-state index contributed by atoms with van der Waals surface area (Å²) in [6.07, 6.45) is 0.629. The van der Waals surface area contributed by atoms with Gasteiger partial charge in [-0.05, 0) is 6.42 Å². The van der Waals surface area contributed by atoms with Gasteiger partial charge >= 0.3 is 12.0 Å². The van der Waals surface area contributed by atoms with Crippen molar-refractivity contribution in [2.24, 2.45) is 0 Å². The van der Waals surface area contributed by atoms with Crippen LogP contribution >= 0.6 is 0 Å². The van der Waals surface area contributed by atoms with Gasteiger partial charge < -0.3 is 25.7 Å². The second-order valence-corrected chi connectivity index (χ2v) is 4.16. The fraction of sp³-hybridized carbons (Fsp3) is 0.700. The van der Waals surface area contributed by atoms with Crippen molar-refractivity contribution in [3.05, 3.63) is 0 Å². The van der Waals surface area contributed by atoms with Crippen LogP contribution in [-0.2, 0) is 9.59 Å². The van der Waals surface area contributed by atoms with E-state index in [4.69, 9.17) is 10.2 Å². The molecule has 8 heteroatoms. The first-order valence-electron chi connectivity index (χ1n) is 5.60. The Bertz CT molecular complexity index is 346. The lowest BCUT2D eigenvalue weighted by Crippen LogP contribution is -2.49. The van der Waals surface area contributed by atoms with Gasteiger partial charge in [0.1, 0.15) is 0 Å². The average Bonchev–Trinajstić information content (AvgIpc) is 2.72. The number of carboxylic acids is 1. The molecule has 1 saturated heterocycles. The molecule has 8 nitrogen and oxygen atoms in total. The zero-order valence-electron chi connectivity index (χ0n) is 10.0. The fourth-order valence-corrected chi connectivity index (χ4v) is 1.78. The molecule has 0 spiro atoms. The highest BCUT2D eigenvalue weighted by Gasteiger charge is 2.29. The Morgan fingerprint density at radius 3 is 2.61 bits per heavy atom. The molecule has 0 radical (unpaired) electrons. The number of likely N-dealkylation sites (tertiary alicyclic amines) is 1. The summed E-state index contributed by atoms with van der Waals surface area (Å²) in [5, 5.41) is 22.4. The number of carboxylic acid groups (broad SMARTS) is 1. The quantitative estimate of drug-likeness (QED) is 0.482. The summed E-state index contributed by atoms with van der Waals surface area (Å²) in [6.45, 7) is 1.51. The van der Waals surface area contributed by atoms with Gasteiger partial charge in [-0.25, -0.2) is 9.59 Å². The van der Waals surface area contributed by atoms with E-state index in [1.165, 1.54) is 11.8 Å². The lowest BCUT2D eigenvalue weighted by molar-refractivity contribution is -0.140. The van der Waals surface area contributed by atoms with Crippen molar-refractivity contribution in [3.63, 3.8) is 0 Å². The molecular weight excluding hydrogens is 242 g/mol. The van der Waals surface area contributed by atoms with Gasteiger partial charge in [-0.1, -0.05) is 0 Å². The molecule has 2 atom stereocenters. The molecule has 0 aliphatic carbocycles. The summed E-state index contributed by atoms with van der Waals surface area (Å²) < 4.78 is 0. The SMILES string of the molecule is CC(=O)NC1CCN(C(=O)NC(CO)C(=O)O)C1. The molecular formula is C10H17N3O5. The van der Waals surface area contributed by atoms with Gasteiger partial charge in [0, 0.05) is 26.1 Å². The highest BCUT2D eigenvalue weighted by atomic mass is 16.4. The molecule has 0 aromatic heterocycles. The van der Waals surface area contributed by atoms with Crippen LogP contribution in [0.4, 0.5) is 4.79 Å². The van der Waals surface area contributed by atoms with Gasteiger partial charge in [0.05, 0.1) is 6.61 Å². The van der Waals surface area contributed by atoms with Crippen LogP contribution in [0.25, 0.3) is 0 Å². The number of hydrogen-bond donors (Lipinski definition) is 4. The van der Waals surface area contributed by atoms with E-state index >= 15 is 0 Å². The van der Waals surface area contributed by atoms with E-state index in [0.717, 1.165) is 0 Å². The summed E-state index contributed by atoms with van der Waals surface area (Å²) in [6, 6.07) is -1.97. The number of rotatable bonds is 4. The Kier molecular flexibility index (Phi) is 4.90. The van der Waals surface area contributed by atoms with Crippen LogP contribution in [0.1, 0.15) is 13.3 Å². The fourth-order valence-electron chi connectivity index (χ4n) is 1.78. The predicted molar refractivity (Wildman–Crippen MR) is 60.8 cm³/mol. The normalized spacial score (nSPS) is 20.3. The first-order valence-corrected chi connectivity index (χ1v) is 5.60. The van der Waals surface area contributed by atoms with Crippen LogP contribution in [-0.4, -0.2) is 64.8 Å². The molecule has 1 rings (SSSR count). The van der Waals surface area contributed by atoms with E-state index in [2.05, 4.69) is 10.6 Å². The van der Waals surface area contributed by atoms with Gasteiger partial charge in [-0.3, -0.25) is 4.79 Å². The van der Waals surface area contributed by atoms with Crippen molar-refractivity contribution in [1.29, 1.82) is 0 Å². The number of aliphatic carboxylic acids is 1. The average molecular weight is 259 g/mol. The van der Waals surface area contributed by atoms with Crippen molar-refractivity contribution in [3.8, 4) is 0 Å². The Labute approximate surface area is 104 Å². The lowest BCUT2D eigenvalue weighted by Gasteiger charge is -2.20. The maximum atomic E-state index is 11.7. The molecule has 1 fully saturated rings. The number of nitrogens with one attached hydrogen (secondary N) is 2. The molecule has 0 aromatic carbocycles. The molecule has 4 N–H and O–H groups in total. The van der Waals surface area contributed by atoms with Crippen LogP contribution in [0.15, 0.2) is 0 Å². The van der Waals surface area contributed by atoms with E-state index in [-0.39, 0.29) is 11.9 Å². The summed E-state index contributed by atoms with van der Waals surface area (Å²) >= 11 is 0. The van der Waals surface area contributed by atoms with Crippen LogP contribution in [0.5, 0.6) is 0 Å². The van der Waals surface area contributed by atoms with Crippen molar-refractivity contribution in [2.75, 3.05) is 19.7 Å². The maximum Gasteiger partial charge on any atom is 0.328 e. The van der Waals surface area contributed by atoms with Gasteiger partial charge in [0.25, 0.3) is 0 Å². The van der Waals surface area contributed by atoms with Crippen molar-refractivity contribution >= 4 is 17.9 Å². The predicted octanol–water partition coefficient (Wildman–Crippen LogP) is -1.65. The number of aliphatic hydroxyl groups excluding tert-OH is 1. The van der Waals surface area contributed by atoms with Crippen LogP contribution in [0, 0.1) is 0 Å². The summed E-state index contributed by atoms with van der Waals surface area (Å²) in [5.74, 6) is -1.45. The molecule has 18 heavy (non-hydrogen) atoms. The third-order valence-electron chi connectivity index (χ3n) is 2.66. The van der Waals surface area contributed by atoms with Crippen LogP contribution < -0.4 is 10.6 Å². The molecule has 1 heterocycles. The van der Waals surface area contributed by atoms with Gasteiger partial charge in [0.2, 0.25) is 5.91 Å². The van der Waals surface area contributed by atoms with E-state index in [9.17, 15) is 14.4 Å². The minimum Gasteiger partial charge on any atom is -0.480 e. The van der Waals surface area contributed by atoms with Crippen LogP contribution in [0.2, 0.25) is 0 Å². The highest BCUT2D eigenvalue weighted by Crippen LogP contribution is 2.09. The molecule has 1 aliphatic rings. The topological polar surface area (TPSA) is 119 Å². The Balaban J connectivity index is 2.44.